The van der Waals surface area contributed by atoms with Crippen molar-refractivity contribution in [1.29, 1.82) is 0 Å². The zero-order valence-electron chi connectivity index (χ0n) is 13.2. The number of nitrogens with zero attached hydrogens (tertiary/aromatic N) is 1. The number of methoxy groups -OCH3 is 2. The molecule has 1 saturated heterocycles. The van der Waals surface area contributed by atoms with Crippen LogP contribution < -0.4 is 5.32 Å². The Morgan fingerprint density at radius 2 is 2.00 bits per heavy atom. The van der Waals surface area contributed by atoms with E-state index >= 15 is 0 Å². The summed E-state index contributed by atoms with van der Waals surface area (Å²) in [5, 5.41) is 3.56. The summed E-state index contributed by atoms with van der Waals surface area (Å²) in [7, 11) is 3.60. The van der Waals surface area contributed by atoms with Crippen molar-refractivity contribution in [2.75, 3.05) is 53.6 Å². The Labute approximate surface area is 118 Å². The first-order chi connectivity index (χ1) is 9.17. The predicted octanol–water partition coefficient (Wildman–Crippen LogP) is 1.61. The highest BCUT2D eigenvalue weighted by Crippen LogP contribution is 2.18. The average Bonchev–Trinajstić information content (AvgIpc) is 2.38. The van der Waals surface area contributed by atoms with Gasteiger partial charge in [-0.25, -0.2) is 0 Å². The van der Waals surface area contributed by atoms with Gasteiger partial charge in [0.2, 0.25) is 0 Å². The third kappa shape index (κ3) is 6.70. The second-order valence-corrected chi connectivity index (χ2v) is 6.12. The first-order valence-corrected chi connectivity index (χ1v) is 7.60. The minimum atomic E-state index is 0.489. The Bertz CT molecular complexity index is 222. The molecule has 1 N–H and O–H groups in total. The van der Waals surface area contributed by atoms with Crippen LogP contribution in [0.1, 0.15) is 26.7 Å². The molecule has 0 amide bonds. The molecule has 1 heterocycles. The molecule has 2 atom stereocenters. The summed E-state index contributed by atoms with van der Waals surface area (Å²) in [5.74, 6) is 1.38. The Kier molecular flexibility index (Phi) is 8.62. The first-order valence-electron chi connectivity index (χ1n) is 7.60. The molecule has 0 aromatic carbocycles. The normalized spacial score (nSPS) is 22.9. The summed E-state index contributed by atoms with van der Waals surface area (Å²) >= 11 is 0. The lowest BCUT2D eigenvalue weighted by atomic mass is 9.97. The van der Waals surface area contributed by atoms with Gasteiger partial charge in [0.15, 0.2) is 0 Å². The van der Waals surface area contributed by atoms with Crippen molar-refractivity contribution in [3.8, 4) is 0 Å². The van der Waals surface area contributed by atoms with Gasteiger partial charge in [-0.05, 0) is 37.8 Å². The highest BCUT2D eigenvalue weighted by Gasteiger charge is 2.25. The van der Waals surface area contributed by atoms with Crippen molar-refractivity contribution >= 4 is 0 Å². The maximum absolute atomic E-state index is 5.40. The number of hydrogen-bond acceptors (Lipinski definition) is 4. The Morgan fingerprint density at radius 3 is 2.63 bits per heavy atom. The molecular weight excluding hydrogens is 240 g/mol. The van der Waals surface area contributed by atoms with Crippen LogP contribution in [0.4, 0.5) is 0 Å². The lowest BCUT2D eigenvalue weighted by molar-refractivity contribution is 0.0363. The number of piperidine rings is 1. The lowest BCUT2D eigenvalue weighted by Gasteiger charge is -2.38. The zero-order chi connectivity index (χ0) is 14.1. The number of ether oxygens (including phenoxy) is 2. The summed E-state index contributed by atoms with van der Waals surface area (Å²) < 4.78 is 10.7. The van der Waals surface area contributed by atoms with E-state index in [2.05, 4.69) is 24.1 Å². The van der Waals surface area contributed by atoms with Gasteiger partial charge >= 0.3 is 0 Å². The van der Waals surface area contributed by atoms with Crippen LogP contribution in [-0.2, 0) is 9.47 Å². The minimum Gasteiger partial charge on any atom is -0.384 e. The summed E-state index contributed by atoms with van der Waals surface area (Å²) in [5.41, 5.74) is 0. The smallest absolute Gasteiger partial charge is 0.0630 e. The van der Waals surface area contributed by atoms with Gasteiger partial charge in [-0.1, -0.05) is 13.8 Å². The van der Waals surface area contributed by atoms with E-state index in [0.717, 1.165) is 32.8 Å². The molecule has 114 valence electrons. The molecule has 0 aromatic rings. The number of likely N-dealkylation sites (tertiary alicyclic amines) is 1. The van der Waals surface area contributed by atoms with Gasteiger partial charge in [-0.15, -0.1) is 0 Å². The van der Waals surface area contributed by atoms with Crippen molar-refractivity contribution in [2.24, 2.45) is 11.8 Å². The fourth-order valence-corrected chi connectivity index (χ4v) is 2.83. The summed E-state index contributed by atoms with van der Waals surface area (Å²) in [6, 6.07) is 0.489. The van der Waals surface area contributed by atoms with Crippen molar-refractivity contribution in [3.63, 3.8) is 0 Å². The largest absolute Gasteiger partial charge is 0.384 e. The quantitative estimate of drug-likeness (QED) is 0.691. The molecule has 1 fully saturated rings. The molecule has 0 aromatic heterocycles. The molecule has 4 nitrogen and oxygen atoms in total. The molecule has 0 radical (unpaired) electrons. The van der Waals surface area contributed by atoms with Crippen LogP contribution in [0.15, 0.2) is 0 Å². The lowest BCUT2D eigenvalue weighted by Crippen LogP contribution is -2.50. The van der Waals surface area contributed by atoms with Crippen molar-refractivity contribution < 1.29 is 9.47 Å². The number of rotatable bonds is 9. The molecule has 1 aliphatic heterocycles. The Morgan fingerprint density at radius 1 is 1.21 bits per heavy atom. The van der Waals surface area contributed by atoms with Gasteiger partial charge < -0.3 is 14.8 Å². The highest BCUT2D eigenvalue weighted by atomic mass is 16.5. The standard InChI is InChI=1S/C15H32N2O2/c1-13(2)8-16-9-15(12-19-4)17-7-5-6-14(10-17)11-18-3/h13-16H,5-12H2,1-4H3. The van der Waals surface area contributed by atoms with Crippen LogP contribution in [0.5, 0.6) is 0 Å². The maximum atomic E-state index is 5.40. The summed E-state index contributed by atoms with van der Waals surface area (Å²) in [4.78, 5) is 2.57. The second kappa shape index (κ2) is 9.70. The van der Waals surface area contributed by atoms with Crippen LogP contribution in [0, 0.1) is 11.8 Å². The first kappa shape index (κ1) is 16.9. The van der Waals surface area contributed by atoms with E-state index in [-0.39, 0.29) is 0 Å². The van der Waals surface area contributed by atoms with Crippen molar-refractivity contribution in [2.45, 2.75) is 32.7 Å². The molecule has 4 heteroatoms. The molecule has 19 heavy (non-hydrogen) atoms. The molecule has 1 aliphatic rings. The third-order valence-corrected chi connectivity index (χ3v) is 3.76. The van der Waals surface area contributed by atoms with Crippen LogP contribution in [-0.4, -0.2) is 64.6 Å². The fraction of sp³-hybridized carbons (Fsp3) is 1.00. The SMILES string of the molecule is COCC1CCCN(C(CNCC(C)C)COC)C1. The maximum Gasteiger partial charge on any atom is 0.0630 e. The minimum absolute atomic E-state index is 0.489. The van der Waals surface area contributed by atoms with Gasteiger partial charge in [0.05, 0.1) is 13.2 Å². The molecule has 0 bridgehead atoms. The summed E-state index contributed by atoms with van der Waals surface area (Å²) in [6.45, 7) is 10.6. The molecule has 0 aliphatic carbocycles. The van der Waals surface area contributed by atoms with E-state index in [0.29, 0.717) is 17.9 Å². The van der Waals surface area contributed by atoms with Crippen LogP contribution in [0.2, 0.25) is 0 Å². The number of nitrogens with one attached hydrogen (secondary N) is 1. The molecule has 2 unspecified atom stereocenters. The van der Waals surface area contributed by atoms with Crippen molar-refractivity contribution in [3.05, 3.63) is 0 Å². The van der Waals surface area contributed by atoms with Gasteiger partial charge in [-0.2, -0.15) is 0 Å². The zero-order valence-corrected chi connectivity index (χ0v) is 13.2. The second-order valence-electron chi connectivity index (χ2n) is 6.12. The molecular formula is C15H32N2O2. The van der Waals surface area contributed by atoms with Gasteiger partial charge in [0.25, 0.3) is 0 Å². The number of hydrogen-bond donors (Lipinski definition) is 1. The van der Waals surface area contributed by atoms with E-state index in [4.69, 9.17) is 9.47 Å². The molecule has 0 saturated carbocycles. The topological polar surface area (TPSA) is 33.7 Å². The monoisotopic (exact) mass is 272 g/mol. The average molecular weight is 272 g/mol. The van der Waals surface area contributed by atoms with Crippen LogP contribution >= 0.6 is 0 Å². The van der Waals surface area contributed by atoms with Crippen LogP contribution in [0.3, 0.4) is 0 Å². The molecule has 1 rings (SSSR count). The van der Waals surface area contributed by atoms with Crippen molar-refractivity contribution in [1.82, 2.24) is 10.2 Å². The summed E-state index contributed by atoms with van der Waals surface area (Å²) in [6.07, 6.45) is 2.57. The Hall–Kier alpha value is -0.160. The predicted molar refractivity (Wildman–Crippen MR) is 79.5 cm³/mol. The van der Waals surface area contributed by atoms with Gasteiger partial charge in [0, 0.05) is 33.4 Å². The van der Waals surface area contributed by atoms with Gasteiger partial charge in [-0.3, -0.25) is 4.90 Å². The van der Waals surface area contributed by atoms with E-state index in [1.165, 1.54) is 19.4 Å². The van der Waals surface area contributed by atoms with E-state index < -0.39 is 0 Å². The fourth-order valence-electron chi connectivity index (χ4n) is 2.83. The van der Waals surface area contributed by atoms with Gasteiger partial charge in [0.1, 0.15) is 0 Å². The van der Waals surface area contributed by atoms with E-state index in [1.807, 2.05) is 0 Å². The molecule has 0 spiro atoms. The highest BCUT2D eigenvalue weighted by molar-refractivity contribution is 4.80. The Balaban J connectivity index is 2.40. The van der Waals surface area contributed by atoms with E-state index in [1.54, 1.807) is 14.2 Å². The van der Waals surface area contributed by atoms with Crippen LogP contribution in [0.25, 0.3) is 0 Å². The van der Waals surface area contributed by atoms with E-state index in [9.17, 15) is 0 Å². The third-order valence-electron chi connectivity index (χ3n) is 3.76.